The summed E-state index contributed by atoms with van der Waals surface area (Å²) in [7, 11) is -2.59. The molecule has 2 aliphatic rings. The first kappa shape index (κ1) is 28.6. The van der Waals surface area contributed by atoms with Crippen LogP contribution in [0.15, 0.2) is 46.0 Å². The van der Waals surface area contributed by atoms with Crippen molar-refractivity contribution in [2.24, 2.45) is 10.9 Å². The number of halogens is 2. The number of methoxy groups -OCH3 is 1. The van der Waals surface area contributed by atoms with E-state index >= 15 is 0 Å². The lowest BCUT2D eigenvalue weighted by Gasteiger charge is -2.37. The third-order valence-electron chi connectivity index (χ3n) is 6.46. The molecule has 1 fully saturated rings. The predicted molar refractivity (Wildman–Crippen MR) is 141 cm³/mol. The van der Waals surface area contributed by atoms with E-state index in [0.29, 0.717) is 34.9 Å². The van der Waals surface area contributed by atoms with Crippen LogP contribution in [0.25, 0.3) is 0 Å². The number of aliphatic imine (C=N–C) groups is 1. The molecule has 1 aromatic carbocycles. The van der Waals surface area contributed by atoms with E-state index in [1.165, 1.54) is 41.8 Å². The minimum atomic E-state index is -3.84. The Morgan fingerprint density at radius 1 is 1.37 bits per heavy atom. The van der Waals surface area contributed by atoms with E-state index in [1.807, 2.05) is 0 Å². The fourth-order valence-electron chi connectivity index (χ4n) is 4.57. The second kappa shape index (κ2) is 11.4. The molecule has 3 heterocycles. The molecule has 0 bridgehead atoms. The minimum absolute atomic E-state index is 0.0942. The Bertz CT molecular complexity index is 1360. The second-order valence-electron chi connectivity index (χ2n) is 9.41. The Morgan fingerprint density at radius 2 is 2.08 bits per heavy atom. The lowest BCUT2D eigenvalue weighted by molar-refractivity contribution is -0.136. The SMILES string of the molecule is COC(=O)C1=C(C2CCN(S(=O)(=O)CC(C)(O)CO)CC2)NC(c2nccs2)=N[C@@H]1c1ccc(F)cc1Cl. The highest BCUT2D eigenvalue weighted by Gasteiger charge is 2.40. The van der Waals surface area contributed by atoms with Gasteiger partial charge in [0.15, 0.2) is 10.8 Å². The Labute approximate surface area is 228 Å². The van der Waals surface area contributed by atoms with E-state index in [2.05, 4.69) is 10.3 Å². The van der Waals surface area contributed by atoms with Crippen LogP contribution < -0.4 is 5.32 Å². The molecule has 14 heteroatoms. The number of thiazole rings is 1. The van der Waals surface area contributed by atoms with Gasteiger partial charge in [-0.1, -0.05) is 17.7 Å². The first-order valence-electron chi connectivity index (χ1n) is 11.8. The number of carbonyl (C=O) groups excluding carboxylic acids is 1. The molecule has 4 rings (SSSR count). The molecule has 0 saturated carbocycles. The molecule has 2 atom stereocenters. The predicted octanol–water partition coefficient (Wildman–Crippen LogP) is 2.24. The van der Waals surface area contributed by atoms with Crippen molar-refractivity contribution in [3.63, 3.8) is 0 Å². The number of esters is 1. The van der Waals surface area contributed by atoms with Crippen molar-refractivity contribution in [2.45, 2.75) is 31.4 Å². The topological polar surface area (TPSA) is 141 Å². The number of aliphatic hydroxyl groups excluding tert-OH is 1. The highest BCUT2D eigenvalue weighted by atomic mass is 35.5. The first-order chi connectivity index (χ1) is 18.0. The molecule has 1 saturated heterocycles. The number of amidine groups is 1. The van der Waals surface area contributed by atoms with Gasteiger partial charge in [-0.25, -0.2) is 26.9 Å². The Kier molecular flexibility index (Phi) is 8.55. The van der Waals surface area contributed by atoms with Crippen LogP contribution in [0, 0.1) is 11.7 Å². The number of carbonyl (C=O) groups is 1. The number of aromatic nitrogens is 1. The third-order valence-corrected chi connectivity index (χ3v) is 9.71. The average molecular weight is 587 g/mol. The van der Waals surface area contributed by atoms with E-state index < -0.39 is 45.8 Å². The summed E-state index contributed by atoms with van der Waals surface area (Å²) in [5.41, 5.74) is -0.637. The van der Waals surface area contributed by atoms with Crippen molar-refractivity contribution in [1.82, 2.24) is 14.6 Å². The summed E-state index contributed by atoms with van der Waals surface area (Å²) in [5.74, 6) is -1.66. The standard InChI is InChI=1S/C24H28ClFN4O6S2/c1-24(33,12-31)13-38(34,35)30-8-5-14(6-9-30)19-18(23(32)36-2)20(16-4-3-15(26)11-17(16)25)29-21(28-19)22-27-7-10-37-22/h3-4,7,10-11,14,20,31,33H,5-6,8-9,12-13H2,1-2H3,(H,28,29)/t20-,24?/m1/s1. The summed E-state index contributed by atoms with van der Waals surface area (Å²) >= 11 is 7.73. The summed E-state index contributed by atoms with van der Waals surface area (Å²) < 4.78 is 45.9. The van der Waals surface area contributed by atoms with Crippen molar-refractivity contribution in [3.05, 3.63) is 62.5 Å². The van der Waals surface area contributed by atoms with Crippen molar-refractivity contribution < 1.29 is 32.6 Å². The van der Waals surface area contributed by atoms with Gasteiger partial charge in [0, 0.05) is 46.9 Å². The molecular weight excluding hydrogens is 559 g/mol. The summed E-state index contributed by atoms with van der Waals surface area (Å²) in [6.07, 6.45) is 2.34. The zero-order valence-corrected chi connectivity index (χ0v) is 23.1. The molecule has 10 nitrogen and oxygen atoms in total. The minimum Gasteiger partial charge on any atom is -0.466 e. The molecule has 1 aromatic heterocycles. The maximum absolute atomic E-state index is 13.8. The van der Waals surface area contributed by atoms with Crippen molar-refractivity contribution in [3.8, 4) is 0 Å². The molecule has 38 heavy (non-hydrogen) atoms. The maximum Gasteiger partial charge on any atom is 0.338 e. The Balaban J connectivity index is 1.71. The smallest absolute Gasteiger partial charge is 0.338 e. The molecule has 2 aromatic rings. The molecule has 2 aliphatic heterocycles. The highest BCUT2D eigenvalue weighted by molar-refractivity contribution is 7.89. The molecule has 0 radical (unpaired) electrons. The van der Waals surface area contributed by atoms with Crippen LogP contribution in [0.4, 0.5) is 4.39 Å². The first-order valence-corrected chi connectivity index (χ1v) is 14.7. The zero-order chi connectivity index (χ0) is 27.7. The number of sulfonamides is 1. The molecule has 0 spiro atoms. The molecular formula is C24H28ClFN4O6S2. The Morgan fingerprint density at radius 3 is 2.66 bits per heavy atom. The van der Waals surface area contributed by atoms with Gasteiger partial charge in [0.05, 0.1) is 25.0 Å². The van der Waals surface area contributed by atoms with Crippen LogP contribution in [0.1, 0.15) is 36.4 Å². The third kappa shape index (κ3) is 6.08. The largest absolute Gasteiger partial charge is 0.466 e. The lowest BCUT2D eigenvalue weighted by atomic mass is 9.86. The summed E-state index contributed by atoms with van der Waals surface area (Å²) in [6, 6.07) is 2.95. The number of ether oxygens (including phenoxy) is 1. The van der Waals surface area contributed by atoms with Gasteiger partial charge in [-0.05, 0) is 31.9 Å². The van der Waals surface area contributed by atoms with Gasteiger partial charge in [-0.2, -0.15) is 0 Å². The monoisotopic (exact) mass is 586 g/mol. The van der Waals surface area contributed by atoms with Crippen molar-refractivity contribution in [1.29, 1.82) is 0 Å². The summed E-state index contributed by atoms with van der Waals surface area (Å²) in [5, 5.41) is 25.1. The fourth-order valence-corrected chi connectivity index (χ4v) is 7.26. The van der Waals surface area contributed by atoms with E-state index in [-0.39, 0.29) is 29.6 Å². The van der Waals surface area contributed by atoms with E-state index in [9.17, 15) is 27.8 Å². The number of rotatable bonds is 8. The van der Waals surface area contributed by atoms with Crippen LogP contribution >= 0.6 is 22.9 Å². The number of nitrogens with zero attached hydrogens (tertiary/aromatic N) is 3. The summed E-state index contributed by atoms with van der Waals surface area (Å²) in [6.45, 7) is 0.852. The van der Waals surface area contributed by atoms with Gasteiger partial charge in [0.2, 0.25) is 10.0 Å². The lowest BCUT2D eigenvalue weighted by Crippen LogP contribution is -2.48. The van der Waals surface area contributed by atoms with Gasteiger partial charge >= 0.3 is 5.97 Å². The molecule has 0 aliphatic carbocycles. The van der Waals surface area contributed by atoms with E-state index in [4.69, 9.17) is 21.3 Å². The van der Waals surface area contributed by atoms with Crippen LogP contribution in [0.3, 0.4) is 0 Å². The fraction of sp³-hybridized carbons (Fsp3) is 0.458. The number of allylic oxidation sites excluding steroid dienone is 1. The van der Waals surface area contributed by atoms with Gasteiger partial charge < -0.3 is 20.3 Å². The number of nitrogens with one attached hydrogen (secondary N) is 1. The number of piperidine rings is 1. The van der Waals surface area contributed by atoms with Gasteiger partial charge in [0.25, 0.3) is 0 Å². The van der Waals surface area contributed by atoms with Crippen molar-refractivity contribution in [2.75, 3.05) is 32.6 Å². The van der Waals surface area contributed by atoms with Crippen LogP contribution in [0.5, 0.6) is 0 Å². The quantitative estimate of drug-likeness (QED) is 0.400. The molecule has 0 amide bonds. The molecule has 3 N–H and O–H groups in total. The van der Waals surface area contributed by atoms with Crippen LogP contribution in [0.2, 0.25) is 5.02 Å². The van der Waals surface area contributed by atoms with Crippen LogP contribution in [-0.4, -0.2) is 77.9 Å². The van der Waals surface area contributed by atoms with Crippen LogP contribution in [-0.2, 0) is 19.6 Å². The van der Waals surface area contributed by atoms with Gasteiger partial charge in [-0.15, -0.1) is 11.3 Å². The van der Waals surface area contributed by atoms with Gasteiger partial charge in [-0.3, -0.25) is 4.99 Å². The van der Waals surface area contributed by atoms with E-state index in [1.54, 1.807) is 11.6 Å². The number of hydrogen-bond acceptors (Lipinski definition) is 10. The molecule has 1 unspecified atom stereocenters. The zero-order valence-electron chi connectivity index (χ0n) is 20.7. The van der Waals surface area contributed by atoms with Gasteiger partial charge in [0.1, 0.15) is 17.5 Å². The van der Waals surface area contributed by atoms with E-state index in [0.717, 1.165) is 6.07 Å². The number of hydrogen-bond donors (Lipinski definition) is 3. The number of aliphatic hydroxyl groups is 2. The normalized spacial score (nSPS) is 21.0. The number of benzene rings is 1. The van der Waals surface area contributed by atoms with Crippen molar-refractivity contribution >= 4 is 44.8 Å². The highest BCUT2D eigenvalue weighted by Crippen LogP contribution is 2.40. The average Bonchev–Trinajstić information content (AvgIpc) is 3.42. The summed E-state index contributed by atoms with van der Waals surface area (Å²) in [4.78, 5) is 22.1. The second-order valence-corrected chi connectivity index (χ2v) is 12.7. The maximum atomic E-state index is 13.8. The Hall–Kier alpha value is -2.42. The molecule has 206 valence electrons.